The molecule has 0 spiro atoms. The first-order valence-corrected chi connectivity index (χ1v) is 7.44. The van der Waals surface area contributed by atoms with Crippen LogP contribution in [0.5, 0.6) is 0 Å². The number of halogens is 1. The lowest BCUT2D eigenvalue weighted by Crippen LogP contribution is -2.40. The third kappa shape index (κ3) is 3.67. The van der Waals surface area contributed by atoms with Crippen molar-refractivity contribution in [2.75, 3.05) is 0 Å². The summed E-state index contributed by atoms with van der Waals surface area (Å²) in [5.74, 6) is 0.566. The van der Waals surface area contributed by atoms with Gasteiger partial charge in [0.1, 0.15) is 11.5 Å². The van der Waals surface area contributed by atoms with Gasteiger partial charge in [-0.1, -0.05) is 25.4 Å². The van der Waals surface area contributed by atoms with Crippen LogP contribution in [-0.4, -0.2) is 28.0 Å². The standard InChI is InChI=1S/C14H21ClN4O/c1-8(2)13-17-7-11(15)12(19-13)14(20)18-10-5-3-9(16)4-6-10/h7-10H,3-6,16H2,1-2H3,(H,18,20). The van der Waals surface area contributed by atoms with Gasteiger partial charge in [-0.2, -0.15) is 0 Å². The fourth-order valence-electron chi connectivity index (χ4n) is 2.34. The number of hydrogen-bond acceptors (Lipinski definition) is 4. The molecule has 0 radical (unpaired) electrons. The molecule has 0 aromatic carbocycles. The van der Waals surface area contributed by atoms with E-state index in [9.17, 15) is 4.79 Å². The lowest BCUT2D eigenvalue weighted by Gasteiger charge is -2.26. The Morgan fingerprint density at radius 1 is 1.40 bits per heavy atom. The van der Waals surface area contributed by atoms with Crippen LogP contribution in [0.15, 0.2) is 6.20 Å². The number of carbonyl (C=O) groups excluding carboxylic acids is 1. The van der Waals surface area contributed by atoms with Crippen LogP contribution in [0.3, 0.4) is 0 Å². The Morgan fingerprint density at radius 2 is 2.05 bits per heavy atom. The van der Waals surface area contributed by atoms with Gasteiger partial charge < -0.3 is 11.1 Å². The maximum Gasteiger partial charge on any atom is 0.271 e. The van der Waals surface area contributed by atoms with Crippen molar-refractivity contribution >= 4 is 17.5 Å². The van der Waals surface area contributed by atoms with Crippen LogP contribution in [0.2, 0.25) is 5.02 Å². The molecule has 1 aromatic heterocycles. The average molecular weight is 297 g/mol. The first kappa shape index (κ1) is 15.2. The predicted molar refractivity (Wildman–Crippen MR) is 78.8 cm³/mol. The number of aromatic nitrogens is 2. The summed E-state index contributed by atoms with van der Waals surface area (Å²) >= 11 is 6.03. The maximum atomic E-state index is 12.3. The van der Waals surface area contributed by atoms with Gasteiger partial charge in [0.25, 0.3) is 5.91 Å². The topological polar surface area (TPSA) is 80.9 Å². The van der Waals surface area contributed by atoms with Crippen molar-refractivity contribution in [3.05, 3.63) is 22.7 Å². The van der Waals surface area contributed by atoms with E-state index in [1.807, 2.05) is 13.8 Å². The molecule has 3 N–H and O–H groups in total. The number of hydrogen-bond donors (Lipinski definition) is 2. The molecule has 1 amide bonds. The maximum absolute atomic E-state index is 12.3. The molecule has 0 atom stereocenters. The van der Waals surface area contributed by atoms with Gasteiger partial charge in [0, 0.05) is 18.0 Å². The highest BCUT2D eigenvalue weighted by Gasteiger charge is 2.22. The summed E-state index contributed by atoms with van der Waals surface area (Å²) in [6.07, 6.45) is 5.20. The van der Waals surface area contributed by atoms with Crippen molar-refractivity contribution in [1.82, 2.24) is 15.3 Å². The second-order valence-corrected chi connectivity index (χ2v) is 6.07. The summed E-state index contributed by atoms with van der Waals surface area (Å²) in [7, 11) is 0. The number of nitrogens with two attached hydrogens (primary N) is 1. The summed E-state index contributed by atoms with van der Waals surface area (Å²) in [6.45, 7) is 3.96. The minimum atomic E-state index is -0.222. The van der Waals surface area contributed by atoms with Crippen LogP contribution in [0.4, 0.5) is 0 Å². The Morgan fingerprint density at radius 3 is 2.65 bits per heavy atom. The van der Waals surface area contributed by atoms with Crippen LogP contribution < -0.4 is 11.1 Å². The highest BCUT2D eigenvalue weighted by Crippen LogP contribution is 2.19. The molecule has 0 saturated heterocycles. The van der Waals surface area contributed by atoms with Gasteiger partial charge >= 0.3 is 0 Å². The van der Waals surface area contributed by atoms with Gasteiger partial charge in [-0.25, -0.2) is 9.97 Å². The zero-order chi connectivity index (χ0) is 14.7. The van der Waals surface area contributed by atoms with Crippen LogP contribution in [0, 0.1) is 0 Å². The molecular weight excluding hydrogens is 276 g/mol. The largest absolute Gasteiger partial charge is 0.348 e. The van der Waals surface area contributed by atoms with Crippen LogP contribution in [-0.2, 0) is 0 Å². The summed E-state index contributed by atoms with van der Waals surface area (Å²) < 4.78 is 0. The number of rotatable bonds is 3. The van der Waals surface area contributed by atoms with Gasteiger partial charge in [-0.05, 0) is 25.7 Å². The fourth-order valence-corrected chi connectivity index (χ4v) is 2.51. The Kier molecular flexibility index (Phi) is 4.94. The Labute approximate surface area is 124 Å². The molecule has 2 rings (SSSR count). The summed E-state index contributed by atoms with van der Waals surface area (Å²) in [6, 6.07) is 0.425. The molecule has 1 aliphatic rings. The zero-order valence-electron chi connectivity index (χ0n) is 11.9. The number of nitrogens with zero attached hydrogens (tertiary/aromatic N) is 2. The van der Waals surface area contributed by atoms with Gasteiger partial charge in [0.05, 0.1) is 11.2 Å². The van der Waals surface area contributed by atoms with Gasteiger partial charge in [-0.3, -0.25) is 4.79 Å². The Balaban J connectivity index is 2.07. The van der Waals surface area contributed by atoms with E-state index < -0.39 is 0 Å². The van der Waals surface area contributed by atoms with Crippen molar-refractivity contribution in [2.24, 2.45) is 5.73 Å². The number of carbonyl (C=O) groups is 1. The second-order valence-electron chi connectivity index (χ2n) is 5.66. The Bertz CT molecular complexity index is 484. The fraction of sp³-hybridized carbons (Fsp3) is 0.643. The molecule has 1 aromatic rings. The first-order valence-electron chi connectivity index (χ1n) is 7.06. The molecule has 0 unspecified atom stereocenters. The quantitative estimate of drug-likeness (QED) is 0.896. The van der Waals surface area contributed by atoms with Crippen molar-refractivity contribution in [3.8, 4) is 0 Å². The highest BCUT2D eigenvalue weighted by molar-refractivity contribution is 6.33. The lowest BCUT2D eigenvalue weighted by molar-refractivity contribution is 0.0920. The lowest BCUT2D eigenvalue weighted by atomic mass is 9.92. The molecule has 1 saturated carbocycles. The molecule has 1 heterocycles. The molecule has 6 heteroatoms. The van der Waals surface area contributed by atoms with Gasteiger partial charge in [0.15, 0.2) is 0 Å². The predicted octanol–water partition coefficient (Wildman–Crippen LogP) is 2.25. The highest BCUT2D eigenvalue weighted by atomic mass is 35.5. The normalized spacial score (nSPS) is 22.9. The smallest absolute Gasteiger partial charge is 0.271 e. The van der Waals surface area contributed by atoms with Crippen molar-refractivity contribution in [1.29, 1.82) is 0 Å². The van der Waals surface area contributed by atoms with Crippen molar-refractivity contribution in [3.63, 3.8) is 0 Å². The van der Waals surface area contributed by atoms with E-state index in [1.165, 1.54) is 6.20 Å². The van der Waals surface area contributed by atoms with E-state index in [0.29, 0.717) is 10.8 Å². The first-order chi connectivity index (χ1) is 9.47. The minimum Gasteiger partial charge on any atom is -0.348 e. The molecule has 0 aliphatic heterocycles. The summed E-state index contributed by atoms with van der Waals surface area (Å²) in [5.41, 5.74) is 6.13. The SMILES string of the molecule is CC(C)c1ncc(Cl)c(C(=O)NC2CCC(N)CC2)n1. The van der Waals surface area contributed by atoms with E-state index in [1.54, 1.807) is 0 Å². The molecule has 20 heavy (non-hydrogen) atoms. The van der Waals surface area contributed by atoms with E-state index in [2.05, 4.69) is 15.3 Å². The van der Waals surface area contributed by atoms with Gasteiger partial charge in [-0.15, -0.1) is 0 Å². The van der Waals surface area contributed by atoms with Gasteiger partial charge in [0.2, 0.25) is 0 Å². The average Bonchev–Trinajstić information content (AvgIpc) is 2.41. The van der Waals surface area contributed by atoms with E-state index >= 15 is 0 Å². The second kappa shape index (κ2) is 6.50. The summed E-state index contributed by atoms with van der Waals surface area (Å²) in [5, 5.41) is 3.28. The third-order valence-corrected chi connectivity index (χ3v) is 3.88. The molecular formula is C14H21ClN4O. The van der Waals surface area contributed by atoms with E-state index in [0.717, 1.165) is 25.7 Å². The van der Waals surface area contributed by atoms with Crippen LogP contribution in [0.25, 0.3) is 0 Å². The van der Waals surface area contributed by atoms with Crippen molar-refractivity contribution in [2.45, 2.75) is 57.5 Å². The van der Waals surface area contributed by atoms with Crippen molar-refractivity contribution < 1.29 is 4.79 Å². The molecule has 1 fully saturated rings. The van der Waals surface area contributed by atoms with Crippen LogP contribution in [0.1, 0.15) is 61.8 Å². The van der Waals surface area contributed by atoms with Crippen LogP contribution >= 0.6 is 11.6 Å². The molecule has 110 valence electrons. The Hall–Kier alpha value is -1.20. The number of nitrogens with one attached hydrogen (secondary N) is 1. The van der Waals surface area contributed by atoms with E-state index in [-0.39, 0.29) is 29.6 Å². The number of amides is 1. The van der Waals surface area contributed by atoms with E-state index in [4.69, 9.17) is 17.3 Å². The molecule has 0 bridgehead atoms. The molecule has 1 aliphatic carbocycles. The minimum absolute atomic E-state index is 0.159. The summed E-state index contributed by atoms with van der Waals surface area (Å²) in [4.78, 5) is 20.7. The monoisotopic (exact) mass is 296 g/mol. The molecule has 5 nitrogen and oxygen atoms in total. The third-order valence-electron chi connectivity index (χ3n) is 3.60. The zero-order valence-corrected chi connectivity index (χ0v) is 12.7.